The molecule has 11 heteroatoms. The van der Waals surface area contributed by atoms with Crippen LogP contribution in [0.2, 0.25) is 0 Å². The molecule has 42 heavy (non-hydrogen) atoms. The van der Waals surface area contributed by atoms with E-state index in [2.05, 4.69) is 37.6 Å². The first kappa shape index (κ1) is 31.2. The van der Waals surface area contributed by atoms with Crippen LogP contribution in [0.1, 0.15) is 36.9 Å². The Morgan fingerprint density at radius 2 is 1.95 bits per heavy atom. The van der Waals surface area contributed by atoms with Gasteiger partial charge in [-0.15, -0.1) is 0 Å². The van der Waals surface area contributed by atoms with E-state index in [0.717, 1.165) is 61.4 Å². The number of pyridine rings is 1. The molecule has 2 aromatic heterocycles. The van der Waals surface area contributed by atoms with Gasteiger partial charge in [-0.1, -0.05) is 36.4 Å². The van der Waals surface area contributed by atoms with Gasteiger partial charge in [-0.3, -0.25) is 4.79 Å². The summed E-state index contributed by atoms with van der Waals surface area (Å²) < 4.78 is 30.2. The third kappa shape index (κ3) is 10.3. The lowest BCUT2D eigenvalue weighted by Gasteiger charge is -2.24. The Balaban J connectivity index is 1.27. The molecular weight excluding hydrogens is 542 g/mol. The van der Waals surface area contributed by atoms with Crippen LogP contribution in [-0.4, -0.2) is 83.3 Å². The molecule has 0 bridgehead atoms. The average molecular weight is 583 g/mol. The first-order chi connectivity index (χ1) is 20.5. The van der Waals surface area contributed by atoms with Crippen LogP contribution >= 0.6 is 0 Å². The molecule has 0 saturated heterocycles. The number of nitrogens with one attached hydrogen (secondary N) is 2. The van der Waals surface area contributed by atoms with Gasteiger partial charge < -0.3 is 25.4 Å². The lowest BCUT2D eigenvalue weighted by molar-refractivity contribution is -0.141. The number of aliphatic carboxylic acids is 1. The Kier molecular flexibility index (Phi) is 12.4. The van der Waals surface area contributed by atoms with E-state index in [4.69, 9.17) is 9.72 Å². The van der Waals surface area contributed by atoms with Gasteiger partial charge in [0.25, 0.3) is 6.43 Å². The molecular formula is C31H40F2N6O3. The van der Waals surface area contributed by atoms with Crippen LogP contribution in [0.4, 0.5) is 20.4 Å². The number of unbranched alkanes of at least 4 members (excludes halogenated alkanes) is 1. The number of carbonyl (C=O) groups is 1. The second-order valence-electron chi connectivity index (χ2n) is 10.5. The smallest absolute Gasteiger partial charge is 0.308 e. The maximum atomic E-state index is 12.5. The number of fused-ring (bicyclic) bond motifs is 1. The number of alkyl halides is 2. The molecule has 0 spiro atoms. The molecule has 1 aliphatic heterocycles. The van der Waals surface area contributed by atoms with Crippen molar-refractivity contribution in [2.45, 2.75) is 45.0 Å². The first-order valence-corrected chi connectivity index (χ1v) is 14.6. The zero-order valence-corrected chi connectivity index (χ0v) is 23.9. The maximum Gasteiger partial charge on any atom is 0.308 e. The molecule has 0 amide bonds. The van der Waals surface area contributed by atoms with Gasteiger partial charge in [0, 0.05) is 37.0 Å². The van der Waals surface area contributed by atoms with Crippen LogP contribution in [0, 0.1) is 5.92 Å². The Morgan fingerprint density at radius 3 is 2.76 bits per heavy atom. The van der Waals surface area contributed by atoms with E-state index in [1.54, 1.807) is 6.07 Å². The number of aryl methyl sites for hydroxylation is 2. The Bertz CT molecular complexity index is 1250. The largest absolute Gasteiger partial charge is 0.481 e. The number of carboxylic acid groups (broad SMARTS) is 1. The van der Waals surface area contributed by atoms with Gasteiger partial charge in [0.15, 0.2) is 0 Å². The van der Waals surface area contributed by atoms with Crippen molar-refractivity contribution in [2.24, 2.45) is 5.92 Å². The van der Waals surface area contributed by atoms with E-state index in [0.29, 0.717) is 31.9 Å². The van der Waals surface area contributed by atoms with Gasteiger partial charge in [0.05, 0.1) is 18.2 Å². The summed E-state index contributed by atoms with van der Waals surface area (Å²) in [6.45, 7) is 2.41. The summed E-state index contributed by atoms with van der Waals surface area (Å²) in [5, 5.41) is 16.4. The van der Waals surface area contributed by atoms with E-state index < -0.39 is 24.9 Å². The summed E-state index contributed by atoms with van der Waals surface area (Å²) in [6.07, 6.45) is 4.16. The molecule has 9 nitrogen and oxygen atoms in total. The minimum Gasteiger partial charge on any atom is -0.481 e. The van der Waals surface area contributed by atoms with Gasteiger partial charge in [-0.05, 0) is 63.2 Å². The van der Waals surface area contributed by atoms with E-state index >= 15 is 0 Å². The predicted octanol–water partition coefficient (Wildman–Crippen LogP) is 5.01. The van der Waals surface area contributed by atoms with Crippen molar-refractivity contribution in [3.05, 3.63) is 66.1 Å². The quantitative estimate of drug-likeness (QED) is 0.178. The molecule has 0 radical (unpaired) electrons. The molecule has 3 N–H and O–H groups in total. The van der Waals surface area contributed by atoms with E-state index in [-0.39, 0.29) is 13.2 Å². The van der Waals surface area contributed by atoms with E-state index in [1.807, 2.05) is 30.3 Å². The maximum absolute atomic E-state index is 12.5. The second-order valence-corrected chi connectivity index (χ2v) is 10.5. The summed E-state index contributed by atoms with van der Waals surface area (Å²) in [5.41, 5.74) is 4.00. The monoisotopic (exact) mass is 582 g/mol. The Morgan fingerprint density at radius 1 is 1.10 bits per heavy atom. The molecule has 0 unspecified atom stereocenters. The van der Waals surface area contributed by atoms with Crippen LogP contribution in [0.25, 0.3) is 11.3 Å². The zero-order valence-electron chi connectivity index (χ0n) is 23.9. The third-order valence-corrected chi connectivity index (χ3v) is 7.31. The number of hydrogen-bond acceptors (Lipinski definition) is 8. The molecule has 0 fully saturated rings. The molecule has 1 atom stereocenters. The van der Waals surface area contributed by atoms with Crippen LogP contribution < -0.4 is 10.6 Å². The summed E-state index contributed by atoms with van der Waals surface area (Å²) in [6, 6.07) is 15.7. The number of benzene rings is 1. The normalized spacial score (nSPS) is 13.5. The Hall–Kier alpha value is -3.70. The van der Waals surface area contributed by atoms with Gasteiger partial charge >= 0.3 is 5.97 Å². The van der Waals surface area contributed by atoms with Crippen LogP contribution in [0.15, 0.2) is 54.9 Å². The molecule has 0 saturated carbocycles. The van der Waals surface area contributed by atoms with Crippen LogP contribution in [0.5, 0.6) is 0 Å². The van der Waals surface area contributed by atoms with Crippen molar-refractivity contribution < 1.29 is 23.4 Å². The SMILES string of the molecule is O=C(O)[C@H](CCN(CCCCc1ccc2c(n1)NCCC2)CCOCC(F)F)CNc1cc(-c2ccccc2)ncn1. The van der Waals surface area contributed by atoms with Gasteiger partial charge in [0.1, 0.15) is 24.6 Å². The average Bonchev–Trinajstić information content (AvgIpc) is 3.01. The van der Waals surface area contributed by atoms with Crippen molar-refractivity contribution in [3.8, 4) is 11.3 Å². The summed E-state index contributed by atoms with van der Waals surface area (Å²) in [4.78, 5) is 27.5. The molecule has 1 aromatic carbocycles. The molecule has 226 valence electrons. The summed E-state index contributed by atoms with van der Waals surface area (Å²) >= 11 is 0. The lowest BCUT2D eigenvalue weighted by Crippen LogP contribution is -2.34. The fourth-order valence-corrected chi connectivity index (χ4v) is 4.95. The topological polar surface area (TPSA) is 112 Å². The number of anilines is 2. The summed E-state index contributed by atoms with van der Waals surface area (Å²) in [5.74, 6) is -0.0147. The first-order valence-electron chi connectivity index (χ1n) is 14.6. The summed E-state index contributed by atoms with van der Waals surface area (Å²) in [7, 11) is 0. The molecule has 3 heterocycles. The number of carboxylic acids is 1. The van der Waals surface area contributed by atoms with Crippen LogP contribution in [0.3, 0.4) is 0 Å². The second kappa shape index (κ2) is 16.7. The van der Waals surface area contributed by atoms with E-state index in [9.17, 15) is 18.7 Å². The number of ether oxygens (including phenoxy) is 1. The number of aromatic nitrogens is 3. The van der Waals surface area contributed by atoms with Crippen molar-refractivity contribution in [1.29, 1.82) is 0 Å². The number of halogens is 2. The standard InChI is InChI=1S/C31H40F2N6O3/c32-28(33)21-42-18-17-39(15-5-4-10-26-12-11-24-9-6-14-34-30(24)38-26)16-13-25(31(40)41)20-35-29-19-27(36-22-37-29)23-7-2-1-3-8-23/h1-3,7-8,11-12,19,22,25,28H,4-6,9-10,13-18,20-21H2,(H,34,38)(H,40,41)(H,35,36,37)/t25-/m1/s1. The molecule has 3 aromatic rings. The minimum atomic E-state index is -2.51. The minimum absolute atomic E-state index is 0.168. The third-order valence-electron chi connectivity index (χ3n) is 7.31. The van der Waals surface area contributed by atoms with Crippen molar-refractivity contribution in [1.82, 2.24) is 19.9 Å². The highest BCUT2D eigenvalue weighted by atomic mass is 19.3. The van der Waals surface area contributed by atoms with Crippen LogP contribution in [-0.2, 0) is 22.4 Å². The molecule has 0 aliphatic carbocycles. The molecule has 4 rings (SSSR count). The fourth-order valence-electron chi connectivity index (χ4n) is 4.95. The molecule has 1 aliphatic rings. The van der Waals surface area contributed by atoms with Gasteiger partial charge in [0.2, 0.25) is 0 Å². The predicted molar refractivity (Wildman–Crippen MR) is 159 cm³/mol. The van der Waals surface area contributed by atoms with E-state index in [1.165, 1.54) is 11.9 Å². The Labute approximate surface area is 245 Å². The number of nitrogens with zero attached hydrogens (tertiary/aromatic N) is 4. The highest BCUT2D eigenvalue weighted by Gasteiger charge is 2.19. The van der Waals surface area contributed by atoms with Crippen molar-refractivity contribution in [3.63, 3.8) is 0 Å². The van der Waals surface area contributed by atoms with Crippen molar-refractivity contribution in [2.75, 3.05) is 56.6 Å². The zero-order chi connectivity index (χ0) is 29.6. The number of hydrogen-bond donors (Lipinski definition) is 3. The van der Waals surface area contributed by atoms with Gasteiger partial charge in [-0.2, -0.15) is 0 Å². The number of rotatable bonds is 18. The van der Waals surface area contributed by atoms with Crippen molar-refractivity contribution >= 4 is 17.6 Å². The highest BCUT2D eigenvalue weighted by Crippen LogP contribution is 2.21. The van der Waals surface area contributed by atoms with Gasteiger partial charge in [-0.25, -0.2) is 23.7 Å². The lowest BCUT2D eigenvalue weighted by atomic mass is 10.0. The highest BCUT2D eigenvalue weighted by molar-refractivity contribution is 5.71. The fraction of sp³-hybridized carbons (Fsp3) is 0.484.